The van der Waals surface area contributed by atoms with Gasteiger partial charge in [0.25, 0.3) is 11.8 Å². The monoisotopic (exact) mass is 450 g/mol. The van der Waals surface area contributed by atoms with Gasteiger partial charge < -0.3 is 25.2 Å². The number of carbonyl (C=O) groups is 4. The predicted molar refractivity (Wildman–Crippen MR) is 112 cm³/mol. The summed E-state index contributed by atoms with van der Waals surface area (Å²) in [6.07, 6.45) is 0.992. The summed E-state index contributed by atoms with van der Waals surface area (Å²) in [5.41, 5.74) is -1.03. The minimum atomic E-state index is -1.82. The van der Waals surface area contributed by atoms with Crippen molar-refractivity contribution in [3.05, 3.63) is 52.3 Å². The van der Waals surface area contributed by atoms with E-state index in [2.05, 4.69) is 27.5 Å². The molecular formula is C22H18N4O7. The van der Waals surface area contributed by atoms with E-state index < -0.39 is 34.8 Å². The standard InChI is InChI=1S/C22H18N4O7/c1-11-14(17(27)16(8-23-11)19(29)30)5-6-22(20(31)24-21(32)25-22)10-26-9-12-3-4-13(33-2)7-15(12)18(26)28/h3-4,7-8H,9-10H2,1-2H3,(H,23,27)(H,29,30)(H2,24,25,31,32)/t22-/m1/s1. The highest BCUT2D eigenvalue weighted by atomic mass is 16.5. The van der Waals surface area contributed by atoms with Gasteiger partial charge in [0.1, 0.15) is 17.1 Å². The molecule has 1 aromatic heterocycles. The fourth-order valence-corrected chi connectivity index (χ4v) is 3.68. The maximum absolute atomic E-state index is 12.9. The number of nitrogens with zero attached hydrogens (tertiary/aromatic N) is 2. The quantitative estimate of drug-likeness (QED) is 0.385. The van der Waals surface area contributed by atoms with E-state index in [4.69, 9.17) is 4.74 Å². The molecule has 11 heteroatoms. The first-order valence-corrected chi connectivity index (χ1v) is 9.70. The average Bonchev–Trinajstić information content (AvgIpc) is 3.22. The van der Waals surface area contributed by atoms with E-state index in [9.17, 15) is 29.4 Å². The van der Waals surface area contributed by atoms with Gasteiger partial charge in [0.15, 0.2) is 0 Å². The van der Waals surface area contributed by atoms with Crippen molar-refractivity contribution in [3.63, 3.8) is 0 Å². The van der Waals surface area contributed by atoms with Crippen LogP contribution >= 0.6 is 0 Å². The average molecular weight is 450 g/mol. The number of hydrogen-bond acceptors (Lipinski definition) is 7. The molecule has 4 N–H and O–H groups in total. The number of carbonyl (C=O) groups excluding carboxylic acids is 3. The van der Waals surface area contributed by atoms with E-state index in [0.29, 0.717) is 11.3 Å². The van der Waals surface area contributed by atoms with Crippen LogP contribution in [0.4, 0.5) is 4.79 Å². The Kier molecular flexibility index (Phi) is 5.13. The van der Waals surface area contributed by atoms with Crippen LogP contribution in [0.2, 0.25) is 0 Å². The van der Waals surface area contributed by atoms with Crippen LogP contribution in [0.5, 0.6) is 11.5 Å². The molecule has 0 radical (unpaired) electrons. The number of imide groups is 1. The first-order valence-electron chi connectivity index (χ1n) is 9.70. The summed E-state index contributed by atoms with van der Waals surface area (Å²) in [6, 6.07) is 4.25. The molecule has 0 saturated carbocycles. The second-order valence-corrected chi connectivity index (χ2v) is 7.53. The van der Waals surface area contributed by atoms with E-state index in [-0.39, 0.29) is 30.3 Å². The molecule has 1 aromatic carbocycles. The maximum atomic E-state index is 12.9. The van der Waals surface area contributed by atoms with Crippen LogP contribution in [0.25, 0.3) is 0 Å². The minimum absolute atomic E-state index is 0.107. The summed E-state index contributed by atoms with van der Waals surface area (Å²) >= 11 is 0. The van der Waals surface area contributed by atoms with Gasteiger partial charge in [-0.15, -0.1) is 0 Å². The maximum Gasteiger partial charge on any atom is 0.341 e. The molecule has 0 spiro atoms. The summed E-state index contributed by atoms with van der Waals surface area (Å²) in [5.74, 6) is 2.55. The molecule has 1 fully saturated rings. The number of aromatic carboxylic acids is 1. The molecule has 0 bridgehead atoms. The Balaban J connectivity index is 1.72. The van der Waals surface area contributed by atoms with Gasteiger partial charge in [0.05, 0.1) is 24.9 Å². The van der Waals surface area contributed by atoms with Gasteiger partial charge >= 0.3 is 12.0 Å². The van der Waals surface area contributed by atoms with Gasteiger partial charge in [0, 0.05) is 18.3 Å². The summed E-state index contributed by atoms with van der Waals surface area (Å²) in [5, 5.41) is 24.1. The van der Waals surface area contributed by atoms with Crippen molar-refractivity contribution >= 4 is 23.8 Å². The number of urea groups is 1. The lowest BCUT2D eigenvalue weighted by atomic mass is 9.98. The number of amides is 4. The second kappa shape index (κ2) is 7.83. The molecule has 0 unspecified atom stereocenters. The van der Waals surface area contributed by atoms with Crippen molar-refractivity contribution in [2.45, 2.75) is 19.0 Å². The Hall–Kier alpha value is -4.59. The van der Waals surface area contributed by atoms with Crippen molar-refractivity contribution in [3.8, 4) is 23.3 Å². The molecule has 2 aliphatic rings. The number of hydrogen-bond donors (Lipinski definition) is 4. The number of nitrogens with one attached hydrogen (secondary N) is 2. The molecular weight excluding hydrogens is 432 g/mol. The number of aromatic hydroxyl groups is 1. The lowest BCUT2D eigenvalue weighted by Crippen LogP contribution is -2.54. The van der Waals surface area contributed by atoms with Crippen LogP contribution in [-0.2, 0) is 11.3 Å². The number of aromatic nitrogens is 1. The highest BCUT2D eigenvalue weighted by Crippen LogP contribution is 2.29. The molecule has 33 heavy (non-hydrogen) atoms. The third-order valence-electron chi connectivity index (χ3n) is 5.44. The number of ether oxygens (including phenoxy) is 1. The highest BCUT2D eigenvalue weighted by molar-refractivity contribution is 6.10. The van der Waals surface area contributed by atoms with E-state index >= 15 is 0 Å². The van der Waals surface area contributed by atoms with Crippen molar-refractivity contribution < 1.29 is 34.1 Å². The largest absolute Gasteiger partial charge is 0.506 e. The lowest BCUT2D eigenvalue weighted by Gasteiger charge is -2.26. The summed E-state index contributed by atoms with van der Waals surface area (Å²) in [7, 11) is 1.48. The van der Waals surface area contributed by atoms with Crippen molar-refractivity contribution in [2.75, 3.05) is 13.7 Å². The molecule has 0 aliphatic carbocycles. The van der Waals surface area contributed by atoms with Gasteiger partial charge in [-0.1, -0.05) is 17.9 Å². The van der Waals surface area contributed by atoms with Crippen LogP contribution in [0.3, 0.4) is 0 Å². The van der Waals surface area contributed by atoms with Gasteiger partial charge in [0.2, 0.25) is 5.54 Å². The first-order chi connectivity index (χ1) is 15.6. The zero-order valence-corrected chi connectivity index (χ0v) is 17.6. The molecule has 1 atom stereocenters. The number of carboxylic acid groups (broad SMARTS) is 1. The first kappa shape index (κ1) is 21.6. The Morgan fingerprint density at radius 2 is 2.09 bits per heavy atom. The smallest absolute Gasteiger partial charge is 0.341 e. The number of aryl methyl sites for hydroxylation is 1. The van der Waals surface area contributed by atoms with E-state index in [1.807, 2.05) is 0 Å². The van der Waals surface area contributed by atoms with Crippen LogP contribution < -0.4 is 15.4 Å². The highest BCUT2D eigenvalue weighted by Gasteiger charge is 2.48. The van der Waals surface area contributed by atoms with Gasteiger partial charge in [-0.05, 0) is 24.6 Å². The van der Waals surface area contributed by atoms with Crippen LogP contribution in [-0.4, -0.2) is 63.1 Å². The number of fused-ring (bicyclic) bond motifs is 1. The molecule has 3 heterocycles. The zero-order chi connectivity index (χ0) is 23.9. The fraction of sp³-hybridized carbons (Fsp3) is 0.227. The Morgan fingerprint density at radius 1 is 1.33 bits per heavy atom. The second-order valence-electron chi connectivity index (χ2n) is 7.53. The van der Waals surface area contributed by atoms with Gasteiger partial charge in [-0.2, -0.15) is 0 Å². The number of carboxylic acids is 1. The minimum Gasteiger partial charge on any atom is -0.506 e. The van der Waals surface area contributed by atoms with Gasteiger partial charge in [-0.25, -0.2) is 9.59 Å². The molecule has 4 rings (SSSR count). The molecule has 4 amide bonds. The molecule has 1 saturated heterocycles. The van der Waals surface area contributed by atoms with Crippen molar-refractivity contribution in [1.82, 2.24) is 20.5 Å². The topological polar surface area (TPSA) is 158 Å². The third-order valence-corrected chi connectivity index (χ3v) is 5.44. The number of methoxy groups -OCH3 is 1. The lowest BCUT2D eigenvalue weighted by molar-refractivity contribution is -0.122. The van der Waals surface area contributed by atoms with E-state index in [1.54, 1.807) is 18.2 Å². The number of benzene rings is 1. The number of rotatable bonds is 4. The normalized spacial score (nSPS) is 18.8. The van der Waals surface area contributed by atoms with Crippen LogP contribution in [0, 0.1) is 18.8 Å². The fourth-order valence-electron chi connectivity index (χ4n) is 3.68. The predicted octanol–water partition coefficient (Wildman–Crippen LogP) is 0.388. The Bertz CT molecular complexity index is 1290. The summed E-state index contributed by atoms with van der Waals surface area (Å²) in [6.45, 7) is 1.41. The van der Waals surface area contributed by atoms with Crippen LogP contribution in [0.1, 0.15) is 37.5 Å². The van der Waals surface area contributed by atoms with Crippen molar-refractivity contribution in [2.24, 2.45) is 0 Å². The van der Waals surface area contributed by atoms with Gasteiger partial charge in [-0.3, -0.25) is 19.9 Å². The number of pyridine rings is 1. The summed E-state index contributed by atoms with van der Waals surface area (Å²) < 4.78 is 5.16. The third kappa shape index (κ3) is 3.67. The Labute approximate surface area is 187 Å². The van der Waals surface area contributed by atoms with Crippen molar-refractivity contribution in [1.29, 1.82) is 0 Å². The Morgan fingerprint density at radius 3 is 2.73 bits per heavy atom. The molecule has 2 aromatic rings. The van der Waals surface area contributed by atoms with E-state index in [1.165, 1.54) is 18.9 Å². The molecule has 11 nitrogen and oxygen atoms in total. The SMILES string of the molecule is COc1ccc2c(c1)C(=O)N(C[C@@]1(C#Cc3c(C)ncc(C(=O)O)c3O)NC(=O)NC1=O)C2. The zero-order valence-electron chi connectivity index (χ0n) is 17.6. The van der Waals surface area contributed by atoms with Crippen LogP contribution in [0.15, 0.2) is 24.4 Å². The van der Waals surface area contributed by atoms with E-state index in [0.717, 1.165) is 11.8 Å². The summed E-state index contributed by atoms with van der Waals surface area (Å²) in [4.78, 5) is 54.2. The molecule has 2 aliphatic heterocycles. The molecule has 168 valence electrons.